The molecule has 1 aliphatic rings. The van der Waals surface area contributed by atoms with Crippen LogP contribution in [0.15, 0.2) is 24.3 Å². The maximum absolute atomic E-state index is 12.4. The molecule has 0 aromatic carbocycles. The number of ether oxygens (including phenoxy) is 1. The van der Waals surface area contributed by atoms with E-state index in [1.807, 2.05) is 0 Å². The van der Waals surface area contributed by atoms with Gasteiger partial charge in [-0.25, -0.2) is 0 Å². The summed E-state index contributed by atoms with van der Waals surface area (Å²) in [5.41, 5.74) is -0.296. The molecule has 0 N–H and O–H groups in total. The van der Waals surface area contributed by atoms with Crippen molar-refractivity contribution in [1.82, 2.24) is 4.98 Å². The smallest absolute Gasteiger partial charge is 0.366 e. The third-order valence-electron chi connectivity index (χ3n) is 2.82. The number of fused-ring (bicyclic) bond motifs is 1. The molecule has 1 aliphatic heterocycles. The molecule has 106 valence electrons. The molecule has 0 spiro atoms. The van der Waals surface area contributed by atoms with Gasteiger partial charge in [-0.1, -0.05) is 12.2 Å². The van der Waals surface area contributed by atoms with E-state index in [9.17, 15) is 14.9 Å². The van der Waals surface area contributed by atoms with Crippen molar-refractivity contribution in [2.24, 2.45) is 0 Å². The van der Waals surface area contributed by atoms with E-state index >= 15 is 0 Å². The van der Waals surface area contributed by atoms with Gasteiger partial charge in [0.1, 0.15) is 0 Å². The molecule has 20 heavy (non-hydrogen) atoms. The van der Waals surface area contributed by atoms with Gasteiger partial charge in [-0.15, -0.1) is 0 Å². The molecular formula is C13H15N3O4. The zero-order valence-corrected chi connectivity index (χ0v) is 11.5. The Morgan fingerprint density at radius 3 is 2.75 bits per heavy atom. The summed E-state index contributed by atoms with van der Waals surface area (Å²) in [6, 6.07) is 2.71. The molecule has 7 nitrogen and oxygen atoms in total. The topological polar surface area (TPSA) is 85.6 Å². The number of nitrogens with zero attached hydrogens (tertiary/aromatic N) is 3. The van der Waals surface area contributed by atoms with Crippen LogP contribution in [0.4, 0.5) is 11.6 Å². The fourth-order valence-electron chi connectivity index (χ4n) is 1.96. The highest BCUT2D eigenvalue weighted by Crippen LogP contribution is 2.37. The quantitative estimate of drug-likeness (QED) is 0.479. The Morgan fingerprint density at radius 2 is 2.20 bits per heavy atom. The maximum atomic E-state index is 12.4. The van der Waals surface area contributed by atoms with Crippen LogP contribution in [0.25, 0.3) is 0 Å². The van der Waals surface area contributed by atoms with E-state index in [4.69, 9.17) is 4.74 Å². The minimum atomic E-state index is -1.04. The average Bonchev–Trinajstić information content (AvgIpc) is 2.33. The van der Waals surface area contributed by atoms with Crippen LogP contribution in [0.2, 0.25) is 0 Å². The van der Waals surface area contributed by atoms with Gasteiger partial charge < -0.3 is 14.9 Å². The average molecular weight is 277 g/mol. The molecule has 0 aliphatic carbocycles. The molecule has 1 amide bonds. The highest BCUT2D eigenvalue weighted by atomic mass is 16.6. The Balaban J connectivity index is 2.56. The number of amides is 1. The van der Waals surface area contributed by atoms with E-state index in [0.717, 1.165) is 5.57 Å². The number of anilines is 1. The normalized spacial score (nSPS) is 16.4. The number of hydrogen-bond acceptors (Lipinski definition) is 5. The number of nitro groups is 1. The van der Waals surface area contributed by atoms with Gasteiger partial charge in [0.15, 0.2) is 11.4 Å². The lowest BCUT2D eigenvalue weighted by Crippen LogP contribution is -2.53. The number of rotatable bonds is 3. The van der Waals surface area contributed by atoms with Crippen molar-refractivity contribution in [1.29, 1.82) is 0 Å². The molecule has 0 saturated carbocycles. The Hall–Kier alpha value is -2.44. The van der Waals surface area contributed by atoms with Gasteiger partial charge in [0.2, 0.25) is 0 Å². The first kappa shape index (κ1) is 14.0. The first-order chi connectivity index (χ1) is 9.22. The highest BCUT2D eigenvalue weighted by molar-refractivity contribution is 6.01. The summed E-state index contributed by atoms with van der Waals surface area (Å²) < 4.78 is 5.57. The second-order valence-corrected chi connectivity index (χ2v) is 5.21. The Labute approximate surface area is 116 Å². The predicted molar refractivity (Wildman–Crippen MR) is 72.8 cm³/mol. The molecule has 0 radical (unpaired) electrons. The Kier molecular flexibility index (Phi) is 3.21. The largest absolute Gasteiger partial charge is 0.472 e. The molecule has 2 heterocycles. The molecule has 0 unspecified atom stereocenters. The highest BCUT2D eigenvalue weighted by Gasteiger charge is 2.44. The molecule has 7 heteroatoms. The standard InChI is InChI=1S/C13H15N3O4/c1-8(2)7-15-11-9(20-13(3,4)12(15)17)5-6-10(14-11)16(18)19/h5-6H,1,7H2,2-4H3. The minimum Gasteiger partial charge on any atom is -0.472 e. The predicted octanol–water partition coefficient (Wildman–Crippen LogP) is 2.07. The van der Waals surface area contributed by atoms with E-state index in [2.05, 4.69) is 11.6 Å². The summed E-state index contributed by atoms with van der Waals surface area (Å²) in [5, 5.41) is 10.8. The van der Waals surface area contributed by atoms with Crippen LogP contribution < -0.4 is 9.64 Å². The monoisotopic (exact) mass is 277 g/mol. The van der Waals surface area contributed by atoms with Crippen molar-refractivity contribution in [3.05, 3.63) is 34.4 Å². The lowest BCUT2D eigenvalue weighted by molar-refractivity contribution is -0.389. The Bertz CT molecular complexity index is 610. The van der Waals surface area contributed by atoms with Gasteiger partial charge >= 0.3 is 5.82 Å². The summed E-state index contributed by atoms with van der Waals surface area (Å²) in [7, 11) is 0. The van der Waals surface area contributed by atoms with Gasteiger partial charge in [-0.2, -0.15) is 0 Å². The number of pyridine rings is 1. The third-order valence-corrected chi connectivity index (χ3v) is 2.82. The van der Waals surface area contributed by atoms with Crippen molar-refractivity contribution < 1.29 is 14.5 Å². The molecule has 1 aromatic heterocycles. The second-order valence-electron chi connectivity index (χ2n) is 5.21. The summed E-state index contributed by atoms with van der Waals surface area (Å²) in [6.07, 6.45) is 0. The molecule has 0 bridgehead atoms. The molecule has 0 saturated heterocycles. The number of hydrogen-bond donors (Lipinski definition) is 0. The first-order valence-corrected chi connectivity index (χ1v) is 6.03. The van der Waals surface area contributed by atoms with Crippen molar-refractivity contribution in [2.75, 3.05) is 11.4 Å². The van der Waals surface area contributed by atoms with Crippen LogP contribution in [0.5, 0.6) is 5.75 Å². The molecule has 1 aromatic rings. The SMILES string of the molecule is C=C(C)CN1C(=O)C(C)(C)Oc2ccc([N+](=O)[O-])nc21. The van der Waals surface area contributed by atoms with E-state index in [1.54, 1.807) is 20.8 Å². The van der Waals surface area contributed by atoms with Gasteiger partial charge in [0.05, 0.1) is 6.54 Å². The fourth-order valence-corrected chi connectivity index (χ4v) is 1.96. The van der Waals surface area contributed by atoms with Gasteiger partial charge in [0, 0.05) is 6.07 Å². The van der Waals surface area contributed by atoms with E-state index in [0.29, 0.717) is 5.75 Å². The lowest BCUT2D eigenvalue weighted by Gasteiger charge is -2.35. The van der Waals surface area contributed by atoms with Crippen molar-refractivity contribution in [3.63, 3.8) is 0 Å². The molecular weight excluding hydrogens is 262 g/mol. The van der Waals surface area contributed by atoms with Crippen molar-refractivity contribution in [2.45, 2.75) is 26.4 Å². The summed E-state index contributed by atoms with van der Waals surface area (Å²) in [4.78, 5) is 27.8. The van der Waals surface area contributed by atoms with Crippen LogP contribution in [0.3, 0.4) is 0 Å². The number of aromatic nitrogens is 1. The summed E-state index contributed by atoms with van der Waals surface area (Å²) >= 11 is 0. The third kappa shape index (κ3) is 2.34. The Morgan fingerprint density at radius 1 is 1.55 bits per heavy atom. The molecule has 0 fully saturated rings. The van der Waals surface area contributed by atoms with Crippen LogP contribution >= 0.6 is 0 Å². The van der Waals surface area contributed by atoms with Crippen LogP contribution in [-0.4, -0.2) is 28.0 Å². The minimum absolute atomic E-state index is 0.159. The summed E-state index contributed by atoms with van der Waals surface area (Å²) in [6.45, 7) is 9.07. The number of carbonyl (C=O) groups excluding carboxylic acids is 1. The maximum Gasteiger partial charge on any atom is 0.366 e. The molecule has 0 atom stereocenters. The summed E-state index contributed by atoms with van der Waals surface area (Å²) in [5.74, 6) is -0.124. The second kappa shape index (κ2) is 4.59. The van der Waals surface area contributed by atoms with Crippen LogP contribution in [-0.2, 0) is 4.79 Å². The van der Waals surface area contributed by atoms with Crippen molar-refractivity contribution >= 4 is 17.5 Å². The van der Waals surface area contributed by atoms with E-state index in [-0.39, 0.29) is 24.1 Å². The van der Waals surface area contributed by atoms with E-state index in [1.165, 1.54) is 17.0 Å². The van der Waals surface area contributed by atoms with Gasteiger partial charge in [-0.3, -0.25) is 9.69 Å². The van der Waals surface area contributed by atoms with Crippen LogP contribution in [0.1, 0.15) is 20.8 Å². The fraction of sp³-hybridized carbons (Fsp3) is 0.385. The first-order valence-electron chi connectivity index (χ1n) is 6.03. The zero-order valence-electron chi connectivity index (χ0n) is 11.5. The van der Waals surface area contributed by atoms with Gasteiger partial charge in [0.25, 0.3) is 11.7 Å². The molecule has 2 rings (SSSR count). The van der Waals surface area contributed by atoms with Crippen molar-refractivity contribution in [3.8, 4) is 5.75 Å². The van der Waals surface area contributed by atoms with E-state index < -0.39 is 10.5 Å². The lowest BCUT2D eigenvalue weighted by atomic mass is 10.0. The van der Waals surface area contributed by atoms with Crippen LogP contribution in [0, 0.1) is 10.1 Å². The van der Waals surface area contributed by atoms with Gasteiger partial charge in [-0.05, 0) is 36.7 Å². The zero-order chi connectivity index (χ0) is 15.1. The number of carbonyl (C=O) groups is 1.